The maximum absolute atomic E-state index is 11.9. The van der Waals surface area contributed by atoms with Crippen LogP contribution in [0.3, 0.4) is 0 Å². The van der Waals surface area contributed by atoms with E-state index in [1.54, 1.807) is 6.20 Å². The summed E-state index contributed by atoms with van der Waals surface area (Å²) in [5, 5.41) is 0.843. The largest absolute Gasteiger partial charge is 0.465 e. The first kappa shape index (κ1) is 12.6. The van der Waals surface area contributed by atoms with Gasteiger partial charge < -0.3 is 9.72 Å². The van der Waals surface area contributed by atoms with E-state index in [0.29, 0.717) is 5.56 Å². The van der Waals surface area contributed by atoms with E-state index in [1.165, 1.54) is 7.11 Å². The fourth-order valence-electron chi connectivity index (χ4n) is 2.15. The van der Waals surface area contributed by atoms with E-state index in [1.807, 2.05) is 12.1 Å². The molecule has 0 aliphatic carbocycles. The number of aryl methyl sites for hydroxylation is 1. The molecule has 0 spiro atoms. The lowest BCUT2D eigenvalue weighted by Crippen LogP contribution is -2.04. The van der Waals surface area contributed by atoms with Crippen LogP contribution in [-0.2, 0) is 11.2 Å². The number of unbranched alkanes of at least 4 members (excludes halogenated alkanes) is 2. The molecule has 0 saturated carbocycles. The maximum atomic E-state index is 11.9. The summed E-state index contributed by atoms with van der Waals surface area (Å²) >= 11 is 0. The Morgan fingerprint density at radius 3 is 3.00 bits per heavy atom. The first-order valence-corrected chi connectivity index (χ1v) is 6.31. The van der Waals surface area contributed by atoms with Crippen molar-refractivity contribution in [2.45, 2.75) is 32.6 Å². The highest BCUT2D eigenvalue weighted by Gasteiger charge is 2.18. The lowest BCUT2D eigenvalue weighted by molar-refractivity contribution is 0.0601. The molecule has 18 heavy (non-hydrogen) atoms. The molecule has 0 aliphatic heterocycles. The number of fused-ring (bicyclic) bond motifs is 1. The smallest absolute Gasteiger partial charge is 0.340 e. The topological polar surface area (TPSA) is 55.0 Å². The normalized spacial score (nSPS) is 10.8. The van der Waals surface area contributed by atoms with Crippen LogP contribution in [0.5, 0.6) is 0 Å². The molecule has 1 N–H and O–H groups in total. The molecule has 0 aliphatic rings. The molecule has 0 unspecified atom stereocenters. The second-order valence-electron chi connectivity index (χ2n) is 4.33. The molecule has 2 aromatic heterocycles. The van der Waals surface area contributed by atoms with E-state index in [9.17, 15) is 4.79 Å². The van der Waals surface area contributed by atoms with Gasteiger partial charge in [0.1, 0.15) is 5.65 Å². The van der Waals surface area contributed by atoms with Crippen LogP contribution in [0.1, 0.15) is 42.2 Å². The third-order valence-electron chi connectivity index (χ3n) is 3.07. The van der Waals surface area contributed by atoms with Gasteiger partial charge in [-0.2, -0.15) is 0 Å². The van der Waals surface area contributed by atoms with E-state index < -0.39 is 0 Å². The number of H-pyrrole nitrogens is 1. The number of hydrogen-bond donors (Lipinski definition) is 1. The number of nitrogens with zero attached hydrogens (tertiary/aromatic N) is 1. The molecular formula is C14H18N2O2. The quantitative estimate of drug-likeness (QED) is 0.651. The van der Waals surface area contributed by atoms with E-state index in [2.05, 4.69) is 16.9 Å². The van der Waals surface area contributed by atoms with Crippen LogP contribution in [0.15, 0.2) is 18.3 Å². The number of rotatable bonds is 5. The Kier molecular flexibility index (Phi) is 3.97. The molecule has 4 nitrogen and oxygen atoms in total. The number of ether oxygens (including phenoxy) is 1. The molecule has 0 amide bonds. The minimum absolute atomic E-state index is 0.291. The van der Waals surface area contributed by atoms with Crippen molar-refractivity contribution in [2.24, 2.45) is 0 Å². The lowest BCUT2D eigenvalue weighted by atomic mass is 10.1. The molecule has 0 aromatic carbocycles. The van der Waals surface area contributed by atoms with Gasteiger partial charge in [0.15, 0.2) is 0 Å². The zero-order chi connectivity index (χ0) is 13.0. The van der Waals surface area contributed by atoms with E-state index >= 15 is 0 Å². The Labute approximate surface area is 106 Å². The molecular weight excluding hydrogens is 228 g/mol. The fraction of sp³-hybridized carbons (Fsp3) is 0.429. The summed E-state index contributed by atoms with van der Waals surface area (Å²) in [6, 6.07) is 3.73. The van der Waals surface area contributed by atoms with Gasteiger partial charge in [-0.15, -0.1) is 0 Å². The van der Waals surface area contributed by atoms with Crippen molar-refractivity contribution in [3.05, 3.63) is 29.6 Å². The highest BCUT2D eigenvalue weighted by Crippen LogP contribution is 2.23. The molecule has 0 radical (unpaired) electrons. The lowest BCUT2D eigenvalue weighted by Gasteiger charge is -2.02. The number of aromatic nitrogens is 2. The summed E-state index contributed by atoms with van der Waals surface area (Å²) in [6.07, 6.45) is 5.95. The van der Waals surface area contributed by atoms with Crippen molar-refractivity contribution in [1.29, 1.82) is 0 Å². The van der Waals surface area contributed by atoms with Gasteiger partial charge in [0.05, 0.1) is 12.7 Å². The van der Waals surface area contributed by atoms with E-state index in [0.717, 1.165) is 42.4 Å². The third-order valence-corrected chi connectivity index (χ3v) is 3.07. The molecule has 2 aromatic rings. The molecule has 2 heterocycles. The second-order valence-corrected chi connectivity index (χ2v) is 4.33. The van der Waals surface area contributed by atoms with Crippen molar-refractivity contribution in [3.63, 3.8) is 0 Å². The number of methoxy groups -OCH3 is 1. The first-order valence-electron chi connectivity index (χ1n) is 6.31. The Bertz CT molecular complexity index is 546. The predicted octanol–water partition coefficient (Wildman–Crippen LogP) is 3.08. The molecule has 96 valence electrons. The van der Waals surface area contributed by atoms with Crippen molar-refractivity contribution in [2.75, 3.05) is 7.11 Å². The zero-order valence-corrected chi connectivity index (χ0v) is 10.8. The summed E-state index contributed by atoms with van der Waals surface area (Å²) in [6.45, 7) is 2.16. The van der Waals surface area contributed by atoms with Crippen LogP contribution < -0.4 is 0 Å². The van der Waals surface area contributed by atoms with Crippen LogP contribution in [-0.4, -0.2) is 23.0 Å². The Hall–Kier alpha value is -1.84. The van der Waals surface area contributed by atoms with E-state index in [4.69, 9.17) is 4.74 Å². The molecule has 0 atom stereocenters. The Balaban J connectivity index is 2.40. The molecule has 0 saturated heterocycles. The highest BCUT2D eigenvalue weighted by molar-refractivity contribution is 6.04. The summed E-state index contributed by atoms with van der Waals surface area (Å²) in [5.41, 5.74) is 2.32. The number of pyridine rings is 1. The van der Waals surface area contributed by atoms with Crippen LogP contribution in [0, 0.1) is 0 Å². The van der Waals surface area contributed by atoms with Gasteiger partial charge in [0.25, 0.3) is 0 Å². The van der Waals surface area contributed by atoms with Crippen molar-refractivity contribution >= 4 is 17.0 Å². The zero-order valence-electron chi connectivity index (χ0n) is 10.8. The minimum atomic E-state index is -0.291. The first-order chi connectivity index (χ1) is 8.77. The van der Waals surface area contributed by atoms with Crippen LogP contribution >= 0.6 is 0 Å². The summed E-state index contributed by atoms with van der Waals surface area (Å²) in [5.74, 6) is -0.291. The van der Waals surface area contributed by atoms with Crippen LogP contribution in [0.4, 0.5) is 0 Å². The van der Waals surface area contributed by atoms with Crippen molar-refractivity contribution in [3.8, 4) is 0 Å². The Morgan fingerprint density at radius 1 is 1.44 bits per heavy atom. The highest BCUT2D eigenvalue weighted by atomic mass is 16.5. The summed E-state index contributed by atoms with van der Waals surface area (Å²) in [4.78, 5) is 19.3. The number of carbonyl (C=O) groups is 1. The second kappa shape index (κ2) is 5.67. The van der Waals surface area contributed by atoms with Gasteiger partial charge in [-0.3, -0.25) is 0 Å². The van der Waals surface area contributed by atoms with Gasteiger partial charge in [-0.05, 0) is 25.0 Å². The number of aromatic amines is 1. The van der Waals surface area contributed by atoms with Gasteiger partial charge in [0, 0.05) is 17.3 Å². The predicted molar refractivity (Wildman–Crippen MR) is 70.7 cm³/mol. The summed E-state index contributed by atoms with van der Waals surface area (Å²) in [7, 11) is 1.41. The fourth-order valence-corrected chi connectivity index (χ4v) is 2.15. The standard InChI is InChI=1S/C14H18N2O2/c1-3-4-5-8-11-12(14(17)18-2)10-7-6-9-15-13(10)16-11/h6-7,9H,3-5,8H2,1-2H3,(H,15,16). The minimum Gasteiger partial charge on any atom is -0.465 e. The molecule has 2 rings (SSSR count). The Morgan fingerprint density at radius 2 is 2.28 bits per heavy atom. The molecule has 0 bridgehead atoms. The number of carbonyl (C=O) groups excluding carboxylic acids is 1. The number of nitrogens with one attached hydrogen (secondary N) is 1. The van der Waals surface area contributed by atoms with Gasteiger partial charge >= 0.3 is 5.97 Å². The SMILES string of the molecule is CCCCCc1[nH]c2ncccc2c1C(=O)OC. The summed E-state index contributed by atoms with van der Waals surface area (Å²) < 4.78 is 4.86. The van der Waals surface area contributed by atoms with E-state index in [-0.39, 0.29) is 5.97 Å². The van der Waals surface area contributed by atoms with Gasteiger partial charge in [-0.25, -0.2) is 9.78 Å². The molecule has 0 fully saturated rings. The maximum Gasteiger partial charge on any atom is 0.340 e. The van der Waals surface area contributed by atoms with Crippen molar-refractivity contribution in [1.82, 2.24) is 9.97 Å². The monoisotopic (exact) mass is 246 g/mol. The average Bonchev–Trinajstić information content (AvgIpc) is 2.76. The van der Waals surface area contributed by atoms with Gasteiger partial charge in [-0.1, -0.05) is 19.8 Å². The van der Waals surface area contributed by atoms with Crippen LogP contribution in [0.25, 0.3) is 11.0 Å². The third kappa shape index (κ3) is 2.37. The number of hydrogen-bond acceptors (Lipinski definition) is 3. The number of esters is 1. The van der Waals surface area contributed by atoms with Gasteiger partial charge in [0.2, 0.25) is 0 Å². The van der Waals surface area contributed by atoms with Crippen LogP contribution in [0.2, 0.25) is 0 Å². The average molecular weight is 246 g/mol. The molecule has 4 heteroatoms. The van der Waals surface area contributed by atoms with Crippen molar-refractivity contribution < 1.29 is 9.53 Å².